The lowest BCUT2D eigenvalue weighted by molar-refractivity contribution is 0.259. The molecule has 0 saturated carbocycles. The Labute approximate surface area is 174 Å². The molecule has 2 N–H and O–H groups in total. The smallest absolute Gasteiger partial charge is 0.00716 e. The van der Waals surface area contributed by atoms with Gasteiger partial charge in [0.1, 0.15) is 0 Å². The minimum Gasteiger partial charge on any atom is -0.330 e. The van der Waals surface area contributed by atoms with Crippen LogP contribution in [0.4, 0.5) is 0 Å². The molecule has 0 unspecified atom stereocenters. The van der Waals surface area contributed by atoms with Crippen LogP contribution in [0.1, 0.15) is 23.1 Å². The topological polar surface area (TPSA) is 26.0 Å². The van der Waals surface area contributed by atoms with Crippen molar-refractivity contribution >= 4 is 24.0 Å². The SMILES string of the molecule is I.NCCC(Cc1ccccc1)(Cc1ccccc1)Cc1ccccc1. The van der Waals surface area contributed by atoms with Gasteiger partial charge in [-0.2, -0.15) is 0 Å². The van der Waals surface area contributed by atoms with Gasteiger partial charge in [0.25, 0.3) is 0 Å². The summed E-state index contributed by atoms with van der Waals surface area (Å²) in [5.74, 6) is 0. The predicted molar refractivity (Wildman–Crippen MR) is 122 cm³/mol. The summed E-state index contributed by atoms with van der Waals surface area (Å²) in [5.41, 5.74) is 10.4. The third-order valence-corrected chi connectivity index (χ3v) is 4.94. The molecule has 0 bridgehead atoms. The van der Waals surface area contributed by atoms with Gasteiger partial charge in [-0.05, 0) is 54.3 Å². The van der Waals surface area contributed by atoms with Crippen molar-refractivity contribution in [2.24, 2.45) is 11.1 Å². The maximum absolute atomic E-state index is 6.08. The molecule has 0 aliphatic rings. The van der Waals surface area contributed by atoms with Crippen molar-refractivity contribution < 1.29 is 0 Å². The van der Waals surface area contributed by atoms with Gasteiger partial charge < -0.3 is 5.73 Å². The summed E-state index contributed by atoms with van der Waals surface area (Å²) in [4.78, 5) is 0. The largest absolute Gasteiger partial charge is 0.330 e. The molecule has 0 aliphatic heterocycles. The molecular weight excluding hydrogens is 429 g/mol. The van der Waals surface area contributed by atoms with Crippen LogP contribution < -0.4 is 5.73 Å². The number of hydrogen-bond donors (Lipinski definition) is 1. The van der Waals surface area contributed by atoms with Crippen LogP contribution in [0.2, 0.25) is 0 Å². The van der Waals surface area contributed by atoms with Crippen molar-refractivity contribution in [1.82, 2.24) is 0 Å². The minimum absolute atomic E-state index is 0. The van der Waals surface area contributed by atoms with E-state index in [9.17, 15) is 0 Å². The highest BCUT2D eigenvalue weighted by Gasteiger charge is 2.30. The van der Waals surface area contributed by atoms with E-state index >= 15 is 0 Å². The van der Waals surface area contributed by atoms with Crippen LogP contribution in [0.15, 0.2) is 91.0 Å². The molecule has 2 heteroatoms. The highest BCUT2D eigenvalue weighted by atomic mass is 127. The third kappa shape index (κ3) is 5.96. The minimum atomic E-state index is 0. The zero-order valence-electron chi connectivity index (χ0n) is 15.2. The van der Waals surface area contributed by atoms with E-state index in [4.69, 9.17) is 5.73 Å². The molecule has 0 aliphatic carbocycles. The fourth-order valence-electron chi connectivity index (χ4n) is 3.85. The first-order valence-corrected chi connectivity index (χ1v) is 9.12. The van der Waals surface area contributed by atoms with Crippen LogP contribution in [-0.2, 0) is 19.3 Å². The summed E-state index contributed by atoms with van der Waals surface area (Å²) in [6.45, 7) is 0.715. The maximum Gasteiger partial charge on any atom is -0.00716 e. The van der Waals surface area contributed by atoms with E-state index in [-0.39, 0.29) is 29.4 Å². The van der Waals surface area contributed by atoms with Crippen molar-refractivity contribution in [3.8, 4) is 0 Å². The molecule has 1 nitrogen and oxygen atoms in total. The molecule has 3 rings (SSSR count). The highest BCUT2D eigenvalue weighted by molar-refractivity contribution is 14.0. The van der Waals surface area contributed by atoms with Crippen molar-refractivity contribution in [3.05, 3.63) is 108 Å². The molecule has 0 amide bonds. The van der Waals surface area contributed by atoms with Gasteiger partial charge in [-0.1, -0.05) is 91.0 Å². The molecule has 0 spiro atoms. The van der Waals surface area contributed by atoms with Crippen molar-refractivity contribution in [2.75, 3.05) is 6.54 Å². The normalized spacial score (nSPS) is 11.0. The molecule has 136 valence electrons. The standard InChI is InChI=1S/C24H27N.HI/c25-17-16-24(18-21-10-4-1-5-11-21,19-22-12-6-2-7-13-22)20-23-14-8-3-9-15-23;/h1-15H,16-20,25H2;1H. The molecule has 0 heterocycles. The quantitative estimate of drug-likeness (QED) is 0.434. The van der Waals surface area contributed by atoms with E-state index in [1.807, 2.05) is 0 Å². The van der Waals surface area contributed by atoms with Crippen molar-refractivity contribution in [3.63, 3.8) is 0 Å². The van der Waals surface area contributed by atoms with Crippen LogP contribution >= 0.6 is 24.0 Å². The van der Waals surface area contributed by atoms with Crippen molar-refractivity contribution in [1.29, 1.82) is 0 Å². The lowest BCUT2D eigenvalue weighted by atomic mass is 9.70. The first kappa shape index (κ1) is 20.7. The van der Waals surface area contributed by atoms with Gasteiger partial charge >= 0.3 is 0 Å². The average Bonchev–Trinajstić information content (AvgIpc) is 2.64. The molecular formula is C24H28IN. The molecule has 3 aromatic rings. The van der Waals surface area contributed by atoms with Crippen LogP contribution in [0.5, 0.6) is 0 Å². The van der Waals surface area contributed by atoms with Gasteiger partial charge in [0.15, 0.2) is 0 Å². The fraction of sp³-hybridized carbons (Fsp3) is 0.250. The Bertz CT molecular complexity index is 640. The van der Waals surface area contributed by atoms with Gasteiger partial charge in [-0.25, -0.2) is 0 Å². The summed E-state index contributed by atoms with van der Waals surface area (Å²) in [5, 5.41) is 0. The molecule has 0 fully saturated rings. The van der Waals surface area contributed by atoms with Crippen LogP contribution in [0.3, 0.4) is 0 Å². The first-order valence-electron chi connectivity index (χ1n) is 9.12. The molecule has 3 aromatic carbocycles. The monoisotopic (exact) mass is 457 g/mol. The van der Waals surface area contributed by atoms with E-state index in [0.717, 1.165) is 25.7 Å². The second-order valence-corrected chi connectivity index (χ2v) is 7.03. The van der Waals surface area contributed by atoms with Gasteiger partial charge in [-0.15, -0.1) is 24.0 Å². The van der Waals surface area contributed by atoms with E-state index in [2.05, 4.69) is 91.0 Å². The van der Waals surface area contributed by atoms with E-state index in [1.54, 1.807) is 0 Å². The first-order chi connectivity index (χ1) is 12.3. The number of hydrogen-bond acceptors (Lipinski definition) is 1. The summed E-state index contributed by atoms with van der Waals surface area (Å²) in [6.07, 6.45) is 4.17. The number of nitrogens with two attached hydrogens (primary N) is 1. The Morgan fingerprint density at radius 2 is 0.846 bits per heavy atom. The Hall–Kier alpha value is -1.65. The van der Waals surface area contributed by atoms with Crippen molar-refractivity contribution in [2.45, 2.75) is 25.7 Å². The molecule has 0 atom stereocenters. The molecule has 0 radical (unpaired) electrons. The number of benzene rings is 3. The Kier molecular flexibility index (Phi) is 8.33. The Morgan fingerprint density at radius 3 is 1.12 bits per heavy atom. The van der Waals surface area contributed by atoms with E-state index < -0.39 is 0 Å². The Balaban J connectivity index is 0.00000243. The van der Waals surface area contributed by atoms with E-state index in [1.165, 1.54) is 16.7 Å². The third-order valence-electron chi connectivity index (χ3n) is 4.94. The van der Waals surface area contributed by atoms with Crippen LogP contribution in [0.25, 0.3) is 0 Å². The molecule has 26 heavy (non-hydrogen) atoms. The summed E-state index contributed by atoms with van der Waals surface area (Å²) < 4.78 is 0. The van der Waals surface area contributed by atoms with Crippen LogP contribution in [0, 0.1) is 5.41 Å². The molecule has 0 saturated heterocycles. The average molecular weight is 457 g/mol. The van der Waals surface area contributed by atoms with Gasteiger partial charge in [0.05, 0.1) is 0 Å². The lowest BCUT2D eigenvalue weighted by Crippen LogP contribution is -2.32. The highest BCUT2D eigenvalue weighted by Crippen LogP contribution is 2.35. The predicted octanol–water partition coefficient (Wildman–Crippen LogP) is 5.67. The lowest BCUT2D eigenvalue weighted by Gasteiger charge is -2.35. The molecule has 0 aromatic heterocycles. The van der Waals surface area contributed by atoms with Gasteiger partial charge in [0, 0.05) is 0 Å². The van der Waals surface area contributed by atoms with Gasteiger partial charge in [0.2, 0.25) is 0 Å². The summed E-state index contributed by atoms with van der Waals surface area (Å²) in [7, 11) is 0. The summed E-state index contributed by atoms with van der Waals surface area (Å²) in [6, 6.07) is 32.5. The Morgan fingerprint density at radius 1 is 0.538 bits per heavy atom. The fourth-order valence-corrected chi connectivity index (χ4v) is 3.85. The second kappa shape index (κ2) is 10.5. The zero-order chi connectivity index (χ0) is 17.4. The number of halogens is 1. The van der Waals surface area contributed by atoms with Gasteiger partial charge in [-0.3, -0.25) is 0 Å². The van der Waals surface area contributed by atoms with Crippen LogP contribution in [-0.4, -0.2) is 6.54 Å². The zero-order valence-corrected chi connectivity index (χ0v) is 17.5. The van der Waals surface area contributed by atoms with E-state index in [0.29, 0.717) is 6.54 Å². The summed E-state index contributed by atoms with van der Waals surface area (Å²) >= 11 is 0. The second-order valence-electron chi connectivity index (χ2n) is 7.03. The maximum atomic E-state index is 6.08. The number of rotatable bonds is 8.